The summed E-state index contributed by atoms with van der Waals surface area (Å²) in [5.41, 5.74) is 5.87. The molecule has 0 N–H and O–H groups in total. The van der Waals surface area contributed by atoms with Crippen LogP contribution in [0.15, 0.2) is 30.7 Å². The standard InChI is InChI=1S/C20H21N5O/c1-13-19(25-9-3-2-4-17(25)23-13)20(26)24-10-7-15-16(8-11-24)21-12-22-18(15)14-5-6-14/h2-4,9,12,14H,5-8,10-11H2,1H3. The van der Waals surface area contributed by atoms with Crippen LogP contribution in [0, 0.1) is 6.92 Å². The molecule has 1 aliphatic carbocycles. The summed E-state index contributed by atoms with van der Waals surface area (Å²) in [4.78, 5) is 28.8. The van der Waals surface area contributed by atoms with Gasteiger partial charge in [-0.3, -0.25) is 9.20 Å². The Morgan fingerprint density at radius 2 is 2.00 bits per heavy atom. The highest BCUT2D eigenvalue weighted by Crippen LogP contribution is 2.41. The van der Waals surface area contributed by atoms with E-state index in [4.69, 9.17) is 0 Å². The van der Waals surface area contributed by atoms with Crippen LogP contribution in [-0.2, 0) is 12.8 Å². The molecule has 1 aliphatic heterocycles. The third-order valence-corrected chi connectivity index (χ3v) is 5.48. The van der Waals surface area contributed by atoms with Gasteiger partial charge in [0.2, 0.25) is 0 Å². The lowest BCUT2D eigenvalue weighted by Crippen LogP contribution is -2.34. The molecule has 3 aromatic heterocycles. The van der Waals surface area contributed by atoms with E-state index in [1.807, 2.05) is 40.6 Å². The quantitative estimate of drug-likeness (QED) is 0.715. The van der Waals surface area contributed by atoms with Gasteiger partial charge in [0.05, 0.1) is 11.4 Å². The van der Waals surface area contributed by atoms with Crippen molar-refractivity contribution >= 4 is 11.6 Å². The summed E-state index contributed by atoms with van der Waals surface area (Å²) in [5, 5.41) is 0. The highest BCUT2D eigenvalue weighted by Gasteiger charge is 2.31. The Morgan fingerprint density at radius 3 is 2.85 bits per heavy atom. The van der Waals surface area contributed by atoms with Crippen LogP contribution in [0.3, 0.4) is 0 Å². The van der Waals surface area contributed by atoms with Crippen molar-refractivity contribution in [1.82, 2.24) is 24.3 Å². The number of aryl methyl sites for hydroxylation is 1. The second kappa shape index (κ2) is 5.90. The maximum atomic E-state index is 13.3. The molecule has 5 rings (SSSR count). The Bertz CT molecular complexity index is 1000. The third kappa shape index (κ3) is 2.48. The van der Waals surface area contributed by atoms with Crippen molar-refractivity contribution in [3.05, 3.63) is 59.1 Å². The molecule has 0 radical (unpaired) electrons. The van der Waals surface area contributed by atoms with Crippen LogP contribution in [0.25, 0.3) is 5.65 Å². The molecule has 4 heterocycles. The second-order valence-electron chi connectivity index (χ2n) is 7.23. The van der Waals surface area contributed by atoms with Crippen LogP contribution < -0.4 is 0 Å². The first-order chi connectivity index (χ1) is 12.7. The molecule has 6 heteroatoms. The van der Waals surface area contributed by atoms with Crippen molar-refractivity contribution in [3.8, 4) is 0 Å². The predicted molar refractivity (Wildman–Crippen MR) is 97.2 cm³/mol. The fraction of sp³-hybridized carbons (Fsp3) is 0.400. The zero-order valence-corrected chi connectivity index (χ0v) is 14.9. The molecular formula is C20H21N5O. The molecule has 0 spiro atoms. The van der Waals surface area contributed by atoms with Crippen LogP contribution in [0.5, 0.6) is 0 Å². The molecule has 0 aromatic carbocycles. The van der Waals surface area contributed by atoms with Gasteiger partial charge in [-0.1, -0.05) is 6.07 Å². The molecule has 0 saturated heterocycles. The van der Waals surface area contributed by atoms with Crippen molar-refractivity contribution in [1.29, 1.82) is 0 Å². The van der Waals surface area contributed by atoms with E-state index in [9.17, 15) is 4.79 Å². The molecule has 132 valence electrons. The van der Waals surface area contributed by atoms with Crippen molar-refractivity contribution in [2.45, 2.75) is 38.5 Å². The minimum absolute atomic E-state index is 0.0509. The van der Waals surface area contributed by atoms with Gasteiger partial charge in [0.25, 0.3) is 5.91 Å². The summed E-state index contributed by atoms with van der Waals surface area (Å²) in [6.07, 6.45) is 7.69. The molecule has 1 amide bonds. The van der Waals surface area contributed by atoms with Gasteiger partial charge in [0, 0.05) is 37.3 Å². The lowest BCUT2D eigenvalue weighted by atomic mass is 10.0. The highest BCUT2D eigenvalue weighted by molar-refractivity contribution is 5.94. The van der Waals surface area contributed by atoms with Gasteiger partial charge >= 0.3 is 0 Å². The monoisotopic (exact) mass is 347 g/mol. The van der Waals surface area contributed by atoms with Crippen LogP contribution in [-0.4, -0.2) is 43.2 Å². The number of aromatic nitrogens is 4. The van der Waals surface area contributed by atoms with E-state index < -0.39 is 0 Å². The average molecular weight is 347 g/mol. The summed E-state index contributed by atoms with van der Waals surface area (Å²) in [6, 6.07) is 5.80. The molecule has 6 nitrogen and oxygen atoms in total. The number of carbonyl (C=O) groups excluding carboxylic acids is 1. The zero-order chi connectivity index (χ0) is 17.7. The number of carbonyl (C=O) groups is 1. The summed E-state index contributed by atoms with van der Waals surface area (Å²) in [7, 11) is 0. The van der Waals surface area contributed by atoms with Gasteiger partial charge in [0.1, 0.15) is 17.7 Å². The molecule has 0 atom stereocenters. The summed E-state index contributed by atoms with van der Waals surface area (Å²) in [6.45, 7) is 3.30. The fourth-order valence-electron chi connectivity index (χ4n) is 3.98. The molecule has 2 aliphatic rings. The van der Waals surface area contributed by atoms with E-state index >= 15 is 0 Å². The molecule has 1 saturated carbocycles. The minimum atomic E-state index is 0.0509. The number of amides is 1. The SMILES string of the molecule is Cc1nc2ccccn2c1C(=O)N1CCc2ncnc(C3CC3)c2CC1. The van der Waals surface area contributed by atoms with Crippen molar-refractivity contribution < 1.29 is 4.79 Å². The largest absolute Gasteiger partial charge is 0.337 e. The number of pyridine rings is 1. The third-order valence-electron chi connectivity index (χ3n) is 5.48. The molecule has 1 fully saturated rings. The van der Waals surface area contributed by atoms with Gasteiger partial charge in [-0.05, 0) is 43.9 Å². The van der Waals surface area contributed by atoms with E-state index in [0.29, 0.717) is 24.7 Å². The average Bonchev–Trinajstić information content (AvgIpc) is 3.45. The fourth-order valence-corrected chi connectivity index (χ4v) is 3.98. The van der Waals surface area contributed by atoms with E-state index in [-0.39, 0.29) is 5.91 Å². The smallest absolute Gasteiger partial charge is 0.272 e. The lowest BCUT2D eigenvalue weighted by Gasteiger charge is -2.20. The highest BCUT2D eigenvalue weighted by atomic mass is 16.2. The minimum Gasteiger partial charge on any atom is -0.337 e. The lowest BCUT2D eigenvalue weighted by molar-refractivity contribution is 0.0755. The summed E-state index contributed by atoms with van der Waals surface area (Å²) < 4.78 is 1.89. The van der Waals surface area contributed by atoms with Crippen LogP contribution in [0.4, 0.5) is 0 Å². The van der Waals surface area contributed by atoms with Gasteiger partial charge in [0.15, 0.2) is 0 Å². The Balaban J connectivity index is 1.45. The number of fused-ring (bicyclic) bond motifs is 2. The first-order valence-electron chi connectivity index (χ1n) is 9.28. The van der Waals surface area contributed by atoms with Crippen molar-refractivity contribution in [3.63, 3.8) is 0 Å². The van der Waals surface area contributed by atoms with E-state index in [1.165, 1.54) is 24.1 Å². The molecule has 0 unspecified atom stereocenters. The first kappa shape index (κ1) is 15.5. The Morgan fingerprint density at radius 1 is 1.15 bits per heavy atom. The molecule has 3 aromatic rings. The second-order valence-corrected chi connectivity index (χ2v) is 7.23. The summed E-state index contributed by atoms with van der Waals surface area (Å²) >= 11 is 0. The number of hydrogen-bond acceptors (Lipinski definition) is 4. The van der Waals surface area contributed by atoms with Crippen LogP contribution in [0.2, 0.25) is 0 Å². The predicted octanol–water partition coefficient (Wildman–Crippen LogP) is 2.55. The first-order valence-corrected chi connectivity index (χ1v) is 9.28. The maximum absolute atomic E-state index is 13.3. The van der Waals surface area contributed by atoms with E-state index in [1.54, 1.807) is 6.33 Å². The Hall–Kier alpha value is -2.76. The topological polar surface area (TPSA) is 63.4 Å². The number of hydrogen-bond donors (Lipinski definition) is 0. The van der Waals surface area contributed by atoms with Gasteiger partial charge in [-0.15, -0.1) is 0 Å². The van der Waals surface area contributed by atoms with Crippen molar-refractivity contribution in [2.24, 2.45) is 0 Å². The van der Waals surface area contributed by atoms with E-state index in [0.717, 1.165) is 29.9 Å². The van der Waals surface area contributed by atoms with Gasteiger partial charge < -0.3 is 4.90 Å². The van der Waals surface area contributed by atoms with Crippen LogP contribution in [0.1, 0.15) is 51.9 Å². The number of rotatable bonds is 2. The zero-order valence-electron chi connectivity index (χ0n) is 14.9. The number of nitrogens with zero attached hydrogens (tertiary/aromatic N) is 5. The molecular weight excluding hydrogens is 326 g/mol. The molecule has 26 heavy (non-hydrogen) atoms. The van der Waals surface area contributed by atoms with Gasteiger partial charge in [-0.25, -0.2) is 15.0 Å². The van der Waals surface area contributed by atoms with Crippen LogP contribution >= 0.6 is 0 Å². The van der Waals surface area contributed by atoms with E-state index in [2.05, 4.69) is 15.0 Å². The Kier molecular flexibility index (Phi) is 3.51. The number of imidazole rings is 1. The van der Waals surface area contributed by atoms with Crippen molar-refractivity contribution in [2.75, 3.05) is 13.1 Å². The molecule has 0 bridgehead atoms. The van der Waals surface area contributed by atoms with Gasteiger partial charge in [-0.2, -0.15) is 0 Å². The summed E-state index contributed by atoms with van der Waals surface area (Å²) in [5.74, 6) is 0.657. The maximum Gasteiger partial charge on any atom is 0.272 e. The Labute approximate surface area is 151 Å². The normalized spacial score (nSPS) is 17.2.